The molecule has 1 N–H and O–H groups in total. The van der Waals surface area contributed by atoms with E-state index in [0.29, 0.717) is 18.5 Å². The Labute approximate surface area is 116 Å². The SMILES string of the molecule is CCC(C)C(C)NCC(C(=O)OC)c1ccccc1. The highest BCUT2D eigenvalue weighted by Gasteiger charge is 2.22. The van der Waals surface area contributed by atoms with Gasteiger partial charge in [-0.25, -0.2) is 0 Å². The van der Waals surface area contributed by atoms with Crippen molar-refractivity contribution < 1.29 is 9.53 Å². The van der Waals surface area contributed by atoms with Gasteiger partial charge in [-0.1, -0.05) is 50.6 Å². The highest BCUT2D eigenvalue weighted by molar-refractivity contribution is 5.78. The third-order valence-electron chi connectivity index (χ3n) is 3.83. The number of benzene rings is 1. The van der Waals surface area contributed by atoms with Crippen molar-refractivity contribution in [3.8, 4) is 0 Å². The van der Waals surface area contributed by atoms with Gasteiger partial charge in [-0.3, -0.25) is 4.79 Å². The number of rotatable bonds is 7. The zero-order chi connectivity index (χ0) is 14.3. The van der Waals surface area contributed by atoms with Crippen molar-refractivity contribution in [2.24, 2.45) is 5.92 Å². The first kappa shape index (κ1) is 15.7. The molecule has 0 radical (unpaired) electrons. The first-order valence-corrected chi connectivity index (χ1v) is 6.96. The number of esters is 1. The van der Waals surface area contributed by atoms with Crippen molar-refractivity contribution in [2.45, 2.75) is 39.2 Å². The summed E-state index contributed by atoms with van der Waals surface area (Å²) in [5, 5.41) is 3.45. The summed E-state index contributed by atoms with van der Waals surface area (Å²) in [5.74, 6) is 0.168. The Morgan fingerprint density at radius 2 is 1.89 bits per heavy atom. The minimum Gasteiger partial charge on any atom is -0.469 e. The average molecular weight is 263 g/mol. The summed E-state index contributed by atoms with van der Waals surface area (Å²) >= 11 is 0. The molecule has 106 valence electrons. The molecule has 0 aromatic heterocycles. The highest BCUT2D eigenvalue weighted by Crippen LogP contribution is 2.17. The fourth-order valence-corrected chi connectivity index (χ4v) is 2.02. The van der Waals surface area contributed by atoms with Crippen LogP contribution < -0.4 is 5.32 Å². The van der Waals surface area contributed by atoms with E-state index in [9.17, 15) is 4.79 Å². The largest absolute Gasteiger partial charge is 0.469 e. The zero-order valence-corrected chi connectivity index (χ0v) is 12.3. The van der Waals surface area contributed by atoms with E-state index < -0.39 is 0 Å². The van der Waals surface area contributed by atoms with E-state index in [4.69, 9.17) is 4.74 Å². The van der Waals surface area contributed by atoms with Crippen LogP contribution in [0.3, 0.4) is 0 Å². The van der Waals surface area contributed by atoms with Gasteiger partial charge in [0, 0.05) is 12.6 Å². The van der Waals surface area contributed by atoms with Gasteiger partial charge in [0.2, 0.25) is 0 Å². The summed E-state index contributed by atoms with van der Waals surface area (Å²) < 4.78 is 4.91. The molecular weight excluding hydrogens is 238 g/mol. The second-order valence-corrected chi connectivity index (χ2v) is 5.07. The molecule has 0 saturated heterocycles. The van der Waals surface area contributed by atoms with Gasteiger partial charge in [0.1, 0.15) is 0 Å². The second kappa shape index (κ2) is 7.95. The fraction of sp³-hybridized carbons (Fsp3) is 0.562. The monoisotopic (exact) mass is 263 g/mol. The summed E-state index contributed by atoms with van der Waals surface area (Å²) in [6.45, 7) is 7.17. The Morgan fingerprint density at radius 3 is 2.42 bits per heavy atom. The molecule has 0 amide bonds. The third kappa shape index (κ3) is 4.67. The lowest BCUT2D eigenvalue weighted by Crippen LogP contribution is -2.37. The van der Waals surface area contributed by atoms with E-state index >= 15 is 0 Å². The highest BCUT2D eigenvalue weighted by atomic mass is 16.5. The van der Waals surface area contributed by atoms with Gasteiger partial charge in [-0.05, 0) is 18.4 Å². The van der Waals surface area contributed by atoms with Gasteiger partial charge in [0.25, 0.3) is 0 Å². The lowest BCUT2D eigenvalue weighted by molar-refractivity contribution is -0.142. The first-order chi connectivity index (χ1) is 9.10. The molecule has 1 rings (SSSR count). The number of methoxy groups -OCH3 is 1. The Balaban J connectivity index is 2.69. The molecule has 0 fully saturated rings. The van der Waals surface area contributed by atoms with Crippen LogP contribution in [0.5, 0.6) is 0 Å². The standard InChI is InChI=1S/C16H25NO2/c1-5-12(2)13(3)17-11-15(16(18)19-4)14-9-7-6-8-10-14/h6-10,12-13,15,17H,5,11H2,1-4H3. The van der Waals surface area contributed by atoms with E-state index in [1.807, 2.05) is 30.3 Å². The van der Waals surface area contributed by atoms with E-state index in [1.54, 1.807) is 0 Å². The Bertz CT molecular complexity index is 378. The molecule has 19 heavy (non-hydrogen) atoms. The molecule has 3 heteroatoms. The first-order valence-electron chi connectivity index (χ1n) is 6.96. The molecule has 0 bridgehead atoms. The smallest absolute Gasteiger partial charge is 0.314 e. The lowest BCUT2D eigenvalue weighted by atomic mass is 9.96. The minimum atomic E-state index is -0.238. The molecule has 0 saturated carbocycles. The quantitative estimate of drug-likeness (QED) is 0.769. The van der Waals surface area contributed by atoms with Crippen LogP contribution in [0.1, 0.15) is 38.7 Å². The van der Waals surface area contributed by atoms with Crippen LogP contribution in [0.4, 0.5) is 0 Å². The molecule has 0 heterocycles. The number of ether oxygens (including phenoxy) is 1. The van der Waals surface area contributed by atoms with E-state index in [1.165, 1.54) is 7.11 Å². The second-order valence-electron chi connectivity index (χ2n) is 5.07. The third-order valence-corrected chi connectivity index (χ3v) is 3.83. The summed E-state index contributed by atoms with van der Waals surface area (Å²) in [6, 6.07) is 10.2. The van der Waals surface area contributed by atoms with Gasteiger partial charge in [0.15, 0.2) is 0 Å². The van der Waals surface area contributed by atoms with Crippen LogP contribution in [0.2, 0.25) is 0 Å². The Morgan fingerprint density at radius 1 is 1.26 bits per heavy atom. The molecule has 0 aliphatic rings. The number of hydrogen-bond acceptors (Lipinski definition) is 3. The number of carbonyl (C=O) groups excluding carboxylic acids is 1. The molecule has 1 aromatic rings. The molecule has 0 spiro atoms. The van der Waals surface area contributed by atoms with Gasteiger partial charge in [-0.15, -0.1) is 0 Å². The topological polar surface area (TPSA) is 38.3 Å². The molecule has 1 aromatic carbocycles. The van der Waals surface area contributed by atoms with Crippen LogP contribution in [-0.2, 0) is 9.53 Å². The van der Waals surface area contributed by atoms with Crippen molar-refractivity contribution in [3.05, 3.63) is 35.9 Å². The number of hydrogen-bond donors (Lipinski definition) is 1. The maximum absolute atomic E-state index is 11.9. The lowest BCUT2D eigenvalue weighted by Gasteiger charge is -2.23. The van der Waals surface area contributed by atoms with Crippen molar-refractivity contribution in [3.63, 3.8) is 0 Å². The predicted octanol–water partition coefficient (Wildman–Crippen LogP) is 2.97. The maximum atomic E-state index is 11.9. The van der Waals surface area contributed by atoms with Gasteiger partial charge in [-0.2, -0.15) is 0 Å². The maximum Gasteiger partial charge on any atom is 0.314 e. The Kier molecular flexibility index (Phi) is 6.57. The van der Waals surface area contributed by atoms with Gasteiger partial charge < -0.3 is 10.1 Å². The predicted molar refractivity (Wildman–Crippen MR) is 78.1 cm³/mol. The Hall–Kier alpha value is -1.35. The molecule has 0 aliphatic heterocycles. The summed E-state index contributed by atoms with van der Waals surface area (Å²) in [6.07, 6.45) is 1.13. The molecule has 3 nitrogen and oxygen atoms in total. The van der Waals surface area contributed by atoms with Crippen molar-refractivity contribution in [1.82, 2.24) is 5.32 Å². The van der Waals surface area contributed by atoms with E-state index in [2.05, 4.69) is 26.1 Å². The minimum absolute atomic E-state index is 0.185. The molecule has 3 atom stereocenters. The average Bonchev–Trinajstić information content (AvgIpc) is 2.47. The van der Waals surface area contributed by atoms with Crippen LogP contribution in [0.25, 0.3) is 0 Å². The van der Waals surface area contributed by atoms with E-state index in [-0.39, 0.29) is 11.9 Å². The molecular formula is C16H25NO2. The number of nitrogens with one attached hydrogen (secondary N) is 1. The van der Waals surface area contributed by atoms with Crippen LogP contribution in [-0.4, -0.2) is 25.7 Å². The fourth-order valence-electron chi connectivity index (χ4n) is 2.02. The van der Waals surface area contributed by atoms with Gasteiger partial charge >= 0.3 is 5.97 Å². The van der Waals surface area contributed by atoms with Gasteiger partial charge in [0.05, 0.1) is 13.0 Å². The molecule has 3 unspecified atom stereocenters. The van der Waals surface area contributed by atoms with Crippen molar-refractivity contribution in [2.75, 3.05) is 13.7 Å². The summed E-state index contributed by atoms with van der Waals surface area (Å²) in [5.41, 5.74) is 0.998. The zero-order valence-electron chi connectivity index (χ0n) is 12.3. The normalized spacial score (nSPS) is 15.6. The van der Waals surface area contributed by atoms with Crippen LogP contribution >= 0.6 is 0 Å². The van der Waals surface area contributed by atoms with E-state index in [0.717, 1.165) is 12.0 Å². The number of carbonyl (C=O) groups is 1. The molecule has 0 aliphatic carbocycles. The van der Waals surface area contributed by atoms with Crippen molar-refractivity contribution in [1.29, 1.82) is 0 Å². The van der Waals surface area contributed by atoms with Crippen LogP contribution in [0.15, 0.2) is 30.3 Å². The summed E-state index contributed by atoms with van der Waals surface area (Å²) in [4.78, 5) is 11.9. The van der Waals surface area contributed by atoms with Crippen molar-refractivity contribution >= 4 is 5.97 Å². The summed E-state index contributed by atoms with van der Waals surface area (Å²) in [7, 11) is 1.44. The van der Waals surface area contributed by atoms with Crippen LogP contribution in [0, 0.1) is 5.92 Å².